The third-order valence-corrected chi connectivity index (χ3v) is 6.67. The fourth-order valence-corrected chi connectivity index (χ4v) is 4.63. The molecule has 1 aliphatic rings. The van der Waals surface area contributed by atoms with Crippen LogP contribution in [0.3, 0.4) is 0 Å². The number of anilines is 1. The number of hydrogen-bond donors (Lipinski definition) is 1. The number of halogens is 3. The summed E-state index contributed by atoms with van der Waals surface area (Å²) in [6.07, 6.45) is 3.69. The molecule has 0 unspecified atom stereocenters. The molecule has 0 aromatic heterocycles. The molecule has 4 amide bonds. The van der Waals surface area contributed by atoms with Gasteiger partial charge in [-0.1, -0.05) is 45.7 Å². The third-order valence-electron chi connectivity index (χ3n) is 5.30. The summed E-state index contributed by atoms with van der Waals surface area (Å²) >= 11 is 12.9. The second kappa shape index (κ2) is 11.2. The Labute approximate surface area is 229 Å². The summed E-state index contributed by atoms with van der Waals surface area (Å²) in [5.74, 6) is -0.868. The first-order chi connectivity index (χ1) is 17.3. The van der Waals surface area contributed by atoms with Crippen LogP contribution in [0, 0.1) is 0 Å². The van der Waals surface area contributed by atoms with Gasteiger partial charge in [-0.25, -0.2) is 9.69 Å². The number of hydrogen-bond acceptors (Lipinski definition) is 4. The summed E-state index contributed by atoms with van der Waals surface area (Å²) in [6.45, 7) is 4.18. The molecule has 1 aliphatic heterocycles. The van der Waals surface area contributed by atoms with Crippen molar-refractivity contribution in [2.24, 2.45) is 0 Å². The average molecular weight is 631 g/mol. The van der Waals surface area contributed by atoms with Crippen molar-refractivity contribution in [2.75, 3.05) is 4.90 Å². The lowest BCUT2D eigenvalue weighted by Crippen LogP contribution is -2.54. The Morgan fingerprint density at radius 1 is 1.00 bits per heavy atom. The van der Waals surface area contributed by atoms with Gasteiger partial charge in [-0.3, -0.25) is 14.9 Å². The van der Waals surface area contributed by atoms with Crippen LogP contribution < -0.4 is 15.0 Å². The van der Waals surface area contributed by atoms with Gasteiger partial charge in [0.25, 0.3) is 11.8 Å². The maximum atomic E-state index is 13.2. The fourth-order valence-electron chi connectivity index (χ4n) is 3.61. The Kier molecular flexibility index (Phi) is 8.08. The van der Waals surface area contributed by atoms with E-state index in [1.165, 1.54) is 18.2 Å². The molecule has 4 rings (SSSR count). The molecule has 1 fully saturated rings. The number of nitrogens with zero attached hydrogens (tertiary/aromatic N) is 1. The summed E-state index contributed by atoms with van der Waals surface area (Å²) in [5.41, 5.74) is 2.52. The van der Waals surface area contributed by atoms with Gasteiger partial charge in [0.2, 0.25) is 0 Å². The summed E-state index contributed by atoms with van der Waals surface area (Å²) in [4.78, 5) is 39.1. The number of benzene rings is 3. The smallest absolute Gasteiger partial charge is 0.335 e. The van der Waals surface area contributed by atoms with E-state index in [1.54, 1.807) is 24.3 Å². The van der Waals surface area contributed by atoms with Gasteiger partial charge in [0, 0.05) is 9.50 Å². The van der Waals surface area contributed by atoms with Crippen LogP contribution in [-0.2, 0) is 22.6 Å². The summed E-state index contributed by atoms with van der Waals surface area (Å²) in [6, 6.07) is 16.7. The number of barbiturate groups is 1. The monoisotopic (exact) mass is 628 g/mol. The maximum Gasteiger partial charge on any atom is 0.335 e. The summed E-state index contributed by atoms with van der Waals surface area (Å²) < 4.78 is 7.73. The van der Waals surface area contributed by atoms with Crippen molar-refractivity contribution < 1.29 is 19.1 Å². The number of carbonyl (C=O) groups is 3. The lowest BCUT2D eigenvalue weighted by atomic mass is 10.0. The molecule has 0 bridgehead atoms. The van der Waals surface area contributed by atoms with E-state index in [9.17, 15) is 14.4 Å². The third kappa shape index (κ3) is 5.78. The van der Waals surface area contributed by atoms with Gasteiger partial charge in [0.05, 0.1) is 10.2 Å². The number of rotatable bonds is 7. The Balaban J connectivity index is 1.65. The van der Waals surface area contributed by atoms with E-state index in [0.29, 0.717) is 39.5 Å². The highest BCUT2D eigenvalue weighted by Gasteiger charge is 2.36. The standard InChI is InChI=1S/C27H19Br2ClN2O4/c1-2-3-18-12-17(14-23(29)24(18)36-15-16-4-6-19(28)7-5-16)13-22-25(33)31-27(35)32(26(22)34)21-10-8-20(30)9-11-21/h2,4-14H,1,3,15H2,(H,31,33,35)/b22-13+. The molecule has 0 saturated carbocycles. The quantitative estimate of drug-likeness (QED) is 0.176. The van der Waals surface area contributed by atoms with E-state index in [4.69, 9.17) is 16.3 Å². The number of allylic oxidation sites excluding steroid dienone is 1. The van der Waals surface area contributed by atoms with Gasteiger partial charge in [0.15, 0.2) is 0 Å². The lowest BCUT2D eigenvalue weighted by Gasteiger charge is -2.26. The van der Waals surface area contributed by atoms with Crippen molar-refractivity contribution in [2.45, 2.75) is 13.0 Å². The van der Waals surface area contributed by atoms with Crippen molar-refractivity contribution in [3.8, 4) is 5.75 Å². The first kappa shape index (κ1) is 25.9. The van der Waals surface area contributed by atoms with Crippen molar-refractivity contribution in [1.29, 1.82) is 0 Å². The zero-order valence-electron chi connectivity index (χ0n) is 18.8. The Hall–Kier alpha value is -3.20. The van der Waals surface area contributed by atoms with Crippen molar-refractivity contribution in [1.82, 2.24) is 5.32 Å². The van der Waals surface area contributed by atoms with Gasteiger partial charge in [-0.05, 0) is 93.6 Å². The zero-order chi connectivity index (χ0) is 25.8. The topological polar surface area (TPSA) is 75.7 Å². The van der Waals surface area contributed by atoms with E-state index in [1.807, 2.05) is 30.3 Å². The van der Waals surface area contributed by atoms with E-state index in [2.05, 4.69) is 43.8 Å². The van der Waals surface area contributed by atoms with Crippen LogP contribution in [0.4, 0.5) is 10.5 Å². The number of urea groups is 1. The molecule has 1 saturated heterocycles. The molecular weight excluding hydrogens is 612 g/mol. The van der Waals surface area contributed by atoms with E-state index < -0.39 is 17.8 Å². The molecule has 9 heteroatoms. The van der Waals surface area contributed by atoms with Gasteiger partial charge in [-0.15, -0.1) is 6.58 Å². The number of ether oxygens (including phenoxy) is 1. The lowest BCUT2D eigenvalue weighted by molar-refractivity contribution is -0.122. The molecular formula is C27H19Br2ClN2O4. The van der Waals surface area contributed by atoms with Crippen LogP contribution in [0.5, 0.6) is 5.75 Å². The minimum absolute atomic E-state index is 0.176. The van der Waals surface area contributed by atoms with Gasteiger partial charge in [0.1, 0.15) is 17.9 Å². The molecule has 1 N–H and O–H groups in total. The Morgan fingerprint density at radius 3 is 2.36 bits per heavy atom. The minimum Gasteiger partial charge on any atom is -0.487 e. The molecule has 1 heterocycles. The van der Waals surface area contributed by atoms with Gasteiger partial charge >= 0.3 is 6.03 Å². The number of nitrogens with one attached hydrogen (secondary N) is 1. The highest BCUT2D eigenvalue weighted by Crippen LogP contribution is 2.34. The van der Waals surface area contributed by atoms with Crippen LogP contribution in [0.2, 0.25) is 5.02 Å². The van der Waals surface area contributed by atoms with Crippen molar-refractivity contribution >= 4 is 73.1 Å². The summed E-state index contributed by atoms with van der Waals surface area (Å²) in [5, 5.41) is 2.68. The number of carbonyl (C=O) groups excluding carboxylic acids is 3. The average Bonchev–Trinajstić information content (AvgIpc) is 2.83. The van der Waals surface area contributed by atoms with Crippen LogP contribution >= 0.6 is 43.5 Å². The van der Waals surface area contributed by atoms with Crippen LogP contribution in [0.1, 0.15) is 16.7 Å². The predicted octanol–water partition coefficient (Wildman–Crippen LogP) is 6.84. The molecule has 182 valence electrons. The molecule has 0 aliphatic carbocycles. The highest BCUT2D eigenvalue weighted by atomic mass is 79.9. The van der Waals surface area contributed by atoms with Crippen LogP contribution in [-0.4, -0.2) is 17.8 Å². The fraction of sp³-hybridized carbons (Fsp3) is 0.0741. The van der Waals surface area contributed by atoms with Crippen molar-refractivity contribution in [3.63, 3.8) is 0 Å². The predicted molar refractivity (Wildman–Crippen MR) is 147 cm³/mol. The molecule has 0 radical (unpaired) electrons. The maximum absolute atomic E-state index is 13.2. The van der Waals surface area contributed by atoms with Crippen molar-refractivity contribution in [3.05, 3.63) is 110 Å². The highest BCUT2D eigenvalue weighted by molar-refractivity contribution is 9.10. The van der Waals surface area contributed by atoms with Crippen LogP contribution in [0.25, 0.3) is 6.08 Å². The first-order valence-electron chi connectivity index (χ1n) is 10.7. The second-order valence-corrected chi connectivity index (χ2v) is 10.0. The molecule has 3 aromatic carbocycles. The second-order valence-electron chi connectivity index (χ2n) is 7.83. The molecule has 36 heavy (non-hydrogen) atoms. The van der Waals surface area contributed by atoms with E-state index in [-0.39, 0.29) is 5.57 Å². The van der Waals surface area contributed by atoms with Gasteiger partial charge < -0.3 is 4.74 Å². The molecule has 3 aromatic rings. The first-order valence-corrected chi connectivity index (χ1v) is 12.7. The molecule has 0 spiro atoms. The number of amides is 4. The largest absolute Gasteiger partial charge is 0.487 e. The molecule has 6 nitrogen and oxygen atoms in total. The van der Waals surface area contributed by atoms with E-state index >= 15 is 0 Å². The zero-order valence-corrected chi connectivity index (χ0v) is 22.7. The van der Waals surface area contributed by atoms with E-state index in [0.717, 1.165) is 20.5 Å². The normalized spacial score (nSPS) is 14.7. The Bertz CT molecular complexity index is 1390. The SMILES string of the molecule is C=CCc1cc(/C=C2\C(=O)NC(=O)N(c3ccc(Cl)cc3)C2=O)cc(Br)c1OCc1ccc(Br)cc1. The minimum atomic E-state index is -0.824. The molecule has 0 atom stereocenters. The van der Waals surface area contributed by atoms with Gasteiger partial charge in [-0.2, -0.15) is 0 Å². The Morgan fingerprint density at radius 2 is 1.69 bits per heavy atom. The van der Waals surface area contributed by atoms with Crippen LogP contribution in [0.15, 0.2) is 87.8 Å². The summed E-state index contributed by atoms with van der Waals surface area (Å²) in [7, 11) is 0. The number of imide groups is 2.